The van der Waals surface area contributed by atoms with Crippen molar-refractivity contribution in [1.29, 1.82) is 0 Å². The molecule has 0 aliphatic heterocycles. The van der Waals surface area contributed by atoms with Crippen molar-refractivity contribution >= 4 is 46.4 Å². The third-order valence-electron chi connectivity index (χ3n) is 4.18. The molecule has 10 heteroatoms. The standard InChI is InChI=1S/C23H15Cl4F3O3/c24-19-11-18(31-10-9-21(26)27)12-20(25)22(19)32-13-14-1-5-16(6-2-14)33-17-7-3-15(4-8-17)23(28,29)30/h1-9,11-12H,10,13H2. The maximum Gasteiger partial charge on any atom is 0.416 e. The Kier molecular flexibility index (Phi) is 8.65. The average Bonchev–Trinajstić information content (AvgIpc) is 2.74. The fraction of sp³-hybridized carbons (Fsp3) is 0.130. The number of rotatable bonds is 8. The summed E-state index contributed by atoms with van der Waals surface area (Å²) in [6.07, 6.45) is -2.92. The lowest BCUT2D eigenvalue weighted by molar-refractivity contribution is -0.137. The van der Waals surface area contributed by atoms with E-state index in [4.69, 9.17) is 60.6 Å². The molecule has 0 heterocycles. The molecule has 0 atom stereocenters. The number of hydrogen-bond acceptors (Lipinski definition) is 3. The van der Waals surface area contributed by atoms with Crippen LogP contribution in [-0.2, 0) is 12.8 Å². The second-order valence-electron chi connectivity index (χ2n) is 6.58. The zero-order valence-corrected chi connectivity index (χ0v) is 19.7. The molecule has 0 saturated heterocycles. The van der Waals surface area contributed by atoms with Crippen LogP contribution in [0.1, 0.15) is 11.1 Å². The first-order chi connectivity index (χ1) is 15.6. The number of ether oxygens (including phenoxy) is 3. The third kappa shape index (κ3) is 7.64. The van der Waals surface area contributed by atoms with Crippen molar-refractivity contribution in [3.8, 4) is 23.0 Å². The van der Waals surface area contributed by atoms with Gasteiger partial charge in [0.2, 0.25) is 0 Å². The molecular weight excluding hydrogens is 523 g/mol. The molecule has 0 spiro atoms. The summed E-state index contributed by atoms with van der Waals surface area (Å²) in [6.45, 7) is 0.320. The Morgan fingerprint density at radius 1 is 0.788 bits per heavy atom. The lowest BCUT2D eigenvalue weighted by Crippen LogP contribution is -2.04. The highest BCUT2D eigenvalue weighted by molar-refractivity contribution is 6.55. The summed E-state index contributed by atoms with van der Waals surface area (Å²) in [6, 6.07) is 14.4. The van der Waals surface area contributed by atoms with Gasteiger partial charge in [-0.1, -0.05) is 58.5 Å². The minimum atomic E-state index is -4.39. The van der Waals surface area contributed by atoms with Crippen molar-refractivity contribution in [2.45, 2.75) is 12.8 Å². The molecule has 0 unspecified atom stereocenters. The summed E-state index contributed by atoms with van der Waals surface area (Å²) >= 11 is 23.6. The quantitative estimate of drug-likeness (QED) is 0.287. The first-order valence-electron chi connectivity index (χ1n) is 9.31. The van der Waals surface area contributed by atoms with E-state index in [2.05, 4.69) is 0 Å². The van der Waals surface area contributed by atoms with Crippen molar-refractivity contribution < 1.29 is 27.4 Å². The molecular formula is C23H15Cl4F3O3. The zero-order chi connectivity index (χ0) is 24.0. The second-order valence-corrected chi connectivity index (χ2v) is 8.40. The van der Waals surface area contributed by atoms with Gasteiger partial charge in [-0.25, -0.2) is 0 Å². The lowest BCUT2D eigenvalue weighted by Gasteiger charge is -2.13. The predicted molar refractivity (Wildman–Crippen MR) is 124 cm³/mol. The predicted octanol–water partition coefficient (Wildman–Crippen LogP) is 9.08. The van der Waals surface area contributed by atoms with Crippen molar-refractivity contribution in [2.75, 3.05) is 6.61 Å². The van der Waals surface area contributed by atoms with Gasteiger partial charge in [-0.2, -0.15) is 13.2 Å². The van der Waals surface area contributed by atoms with E-state index in [9.17, 15) is 13.2 Å². The smallest absolute Gasteiger partial charge is 0.416 e. The van der Waals surface area contributed by atoms with E-state index in [1.807, 2.05) is 0 Å². The molecule has 0 saturated carbocycles. The first kappa shape index (κ1) is 25.4. The summed E-state index contributed by atoms with van der Waals surface area (Å²) in [4.78, 5) is 0. The van der Waals surface area contributed by atoms with Gasteiger partial charge < -0.3 is 14.2 Å². The van der Waals surface area contributed by atoms with Gasteiger partial charge in [-0.3, -0.25) is 0 Å². The Balaban J connectivity index is 1.58. The van der Waals surface area contributed by atoms with E-state index >= 15 is 0 Å². The maximum absolute atomic E-state index is 12.6. The Morgan fingerprint density at radius 2 is 1.33 bits per heavy atom. The Hall–Kier alpha value is -2.25. The molecule has 0 bridgehead atoms. The molecule has 3 aromatic rings. The summed E-state index contributed by atoms with van der Waals surface area (Å²) in [5.74, 6) is 1.47. The number of halogens is 7. The van der Waals surface area contributed by atoms with Crippen LogP contribution in [0, 0.1) is 0 Å². The van der Waals surface area contributed by atoms with Gasteiger partial charge in [0.1, 0.15) is 35.0 Å². The van der Waals surface area contributed by atoms with Gasteiger partial charge >= 0.3 is 6.18 Å². The van der Waals surface area contributed by atoms with Gasteiger partial charge in [0, 0.05) is 12.1 Å². The van der Waals surface area contributed by atoms with E-state index in [0.717, 1.165) is 17.7 Å². The molecule has 3 rings (SSSR count). The van der Waals surface area contributed by atoms with Crippen LogP contribution in [0.3, 0.4) is 0 Å². The van der Waals surface area contributed by atoms with Gasteiger partial charge in [-0.15, -0.1) is 0 Å². The fourth-order valence-electron chi connectivity index (χ4n) is 2.62. The van der Waals surface area contributed by atoms with Gasteiger partial charge in [0.25, 0.3) is 0 Å². The Morgan fingerprint density at radius 3 is 1.85 bits per heavy atom. The SMILES string of the molecule is FC(F)(F)c1ccc(Oc2ccc(COc3c(Cl)cc(OCC=C(Cl)Cl)cc3Cl)cc2)cc1. The van der Waals surface area contributed by atoms with E-state index in [1.54, 1.807) is 36.4 Å². The molecule has 0 fully saturated rings. The van der Waals surface area contributed by atoms with Crippen LogP contribution in [0.15, 0.2) is 71.2 Å². The highest BCUT2D eigenvalue weighted by Gasteiger charge is 2.30. The monoisotopic (exact) mass is 536 g/mol. The molecule has 3 nitrogen and oxygen atoms in total. The second kappa shape index (κ2) is 11.3. The summed E-state index contributed by atoms with van der Waals surface area (Å²) < 4.78 is 54.8. The molecule has 3 aromatic carbocycles. The molecule has 174 valence electrons. The molecule has 33 heavy (non-hydrogen) atoms. The highest BCUT2D eigenvalue weighted by Crippen LogP contribution is 2.37. The van der Waals surface area contributed by atoms with Crippen LogP contribution in [0.5, 0.6) is 23.0 Å². The van der Waals surface area contributed by atoms with Gasteiger partial charge in [0.05, 0.1) is 15.6 Å². The first-order valence-corrected chi connectivity index (χ1v) is 10.8. The van der Waals surface area contributed by atoms with Crippen LogP contribution >= 0.6 is 46.4 Å². The Labute approximate surface area is 208 Å². The topological polar surface area (TPSA) is 27.7 Å². The van der Waals surface area contributed by atoms with Crippen molar-refractivity contribution in [2.24, 2.45) is 0 Å². The van der Waals surface area contributed by atoms with Crippen LogP contribution in [-0.4, -0.2) is 6.61 Å². The van der Waals surface area contributed by atoms with Gasteiger partial charge in [-0.05, 0) is 48.0 Å². The fourth-order valence-corrected chi connectivity index (χ4v) is 3.32. The molecule has 0 radical (unpaired) electrons. The summed E-state index contributed by atoms with van der Waals surface area (Å²) in [5, 5.41) is 0.529. The number of benzene rings is 3. The minimum Gasteiger partial charge on any atom is -0.489 e. The highest BCUT2D eigenvalue weighted by atomic mass is 35.5. The molecule has 0 amide bonds. The van der Waals surface area contributed by atoms with Crippen molar-refractivity contribution in [1.82, 2.24) is 0 Å². The van der Waals surface area contributed by atoms with Crippen LogP contribution in [0.2, 0.25) is 10.0 Å². The Bertz CT molecular complexity index is 1090. The lowest BCUT2D eigenvalue weighted by atomic mass is 10.2. The summed E-state index contributed by atoms with van der Waals surface area (Å²) in [5.41, 5.74) is 0.0554. The van der Waals surface area contributed by atoms with Crippen LogP contribution in [0.25, 0.3) is 0 Å². The molecule has 0 aromatic heterocycles. The molecule has 0 aliphatic carbocycles. The average molecular weight is 538 g/mol. The van der Waals surface area contributed by atoms with Crippen molar-refractivity contribution in [3.63, 3.8) is 0 Å². The largest absolute Gasteiger partial charge is 0.489 e. The van der Waals surface area contributed by atoms with Crippen LogP contribution in [0.4, 0.5) is 13.2 Å². The van der Waals surface area contributed by atoms with E-state index in [1.165, 1.54) is 18.2 Å². The third-order valence-corrected chi connectivity index (χ3v) is 5.05. The number of hydrogen-bond donors (Lipinski definition) is 0. The maximum atomic E-state index is 12.6. The normalized spacial score (nSPS) is 11.1. The molecule has 0 N–H and O–H groups in total. The minimum absolute atomic E-state index is 0.0860. The number of alkyl halides is 3. The van der Waals surface area contributed by atoms with E-state index in [-0.39, 0.29) is 33.5 Å². The van der Waals surface area contributed by atoms with Crippen molar-refractivity contribution in [3.05, 3.63) is 92.4 Å². The van der Waals surface area contributed by atoms with Crippen LogP contribution < -0.4 is 14.2 Å². The van der Waals surface area contributed by atoms with E-state index in [0.29, 0.717) is 17.2 Å². The van der Waals surface area contributed by atoms with Gasteiger partial charge in [0.15, 0.2) is 5.75 Å². The summed E-state index contributed by atoms with van der Waals surface area (Å²) in [7, 11) is 0. The zero-order valence-electron chi connectivity index (χ0n) is 16.6. The molecule has 0 aliphatic rings. The van der Waals surface area contributed by atoms with E-state index < -0.39 is 11.7 Å².